The molecule has 4 aromatic rings. The van der Waals surface area contributed by atoms with Gasteiger partial charge < -0.3 is 14.6 Å². The van der Waals surface area contributed by atoms with Gasteiger partial charge in [0.1, 0.15) is 17.6 Å². The van der Waals surface area contributed by atoms with E-state index in [2.05, 4.69) is 41.4 Å². The molecule has 0 saturated heterocycles. The molecule has 3 aromatic carbocycles. The molecule has 1 aliphatic heterocycles. The number of hydrogen-bond donors (Lipinski definition) is 2. The molecule has 6 heteroatoms. The highest BCUT2D eigenvalue weighted by atomic mass is 16.5. The van der Waals surface area contributed by atoms with E-state index in [0.717, 1.165) is 27.6 Å². The van der Waals surface area contributed by atoms with Gasteiger partial charge in [-0.25, -0.2) is 0 Å². The van der Waals surface area contributed by atoms with E-state index < -0.39 is 5.97 Å². The van der Waals surface area contributed by atoms with Gasteiger partial charge in [-0.05, 0) is 35.7 Å². The lowest BCUT2D eigenvalue weighted by molar-refractivity contribution is -0.137. The normalized spacial score (nSPS) is 15.8. The van der Waals surface area contributed by atoms with Crippen molar-refractivity contribution in [1.29, 1.82) is 0 Å². The second-order valence-electron chi connectivity index (χ2n) is 8.27. The Labute approximate surface area is 185 Å². The van der Waals surface area contributed by atoms with Gasteiger partial charge in [-0.15, -0.1) is 0 Å². The third-order valence-corrected chi connectivity index (χ3v) is 5.97. The van der Waals surface area contributed by atoms with Crippen LogP contribution in [0.25, 0.3) is 10.9 Å². The van der Waals surface area contributed by atoms with E-state index in [1.807, 2.05) is 42.6 Å². The number of nitrogens with one attached hydrogen (secondary N) is 1. The van der Waals surface area contributed by atoms with Crippen molar-refractivity contribution >= 4 is 16.9 Å². The topological polar surface area (TPSA) is 84.4 Å². The van der Waals surface area contributed by atoms with Gasteiger partial charge in [0.05, 0.1) is 24.7 Å². The monoisotopic (exact) mass is 428 g/mol. The van der Waals surface area contributed by atoms with Crippen LogP contribution in [-0.2, 0) is 11.2 Å². The fraction of sp³-hybridized carbons (Fsp3) is 0.231. The highest BCUT2D eigenvalue weighted by Gasteiger charge is 2.27. The Morgan fingerprint density at radius 3 is 2.88 bits per heavy atom. The molecule has 0 spiro atoms. The maximum absolute atomic E-state index is 11.1. The summed E-state index contributed by atoms with van der Waals surface area (Å²) < 4.78 is 12.3. The van der Waals surface area contributed by atoms with E-state index in [0.29, 0.717) is 24.5 Å². The Hall–Kier alpha value is -3.80. The van der Waals surface area contributed by atoms with Gasteiger partial charge in [0.25, 0.3) is 0 Å². The molecule has 1 aromatic heterocycles. The molecule has 6 nitrogen and oxygen atoms in total. The molecule has 0 saturated carbocycles. The van der Waals surface area contributed by atoms with Crippen molar-refractivity contribution in [1.82, 2.24) is 10.2 Å². The number of benzene rings is 3. The van der Waals surface area contributed by atoms with E-state index in [4.69, 9.17) is 14.6 Å². The average Bonchev–Trinajstić information content (AvgIpc) is 3.41. The Morgan fingerprint density at radius 1 is 1.22 bits per heavy atom. The molecule has 0 fully saturated rings. The molecule has 0 amide bonds. The molecule has 0 aliphatic carbocycles. The van der Waals surface area contributed by atoms with Crippen LogP contribution in [0.5, 0.6) is 11.5 Å². The standard InChI is InChI=1S/C26H24N2O4/c1-16-9-18(11-19-14-27-28-26(16)19)23(10-17-5-3-2-4-6-17)32-21-7-8-22-20(12-25(29)30)15-31-24(22)13-21/h2-9,11,13-14,20,23H,10,12,15H2,1H3,(H,27,28)(H,29,30). The number of hydrogen-bond acceptors (Lipinski definition) is 4. The molecule has 1 aliphatic rings. The van der Waals surface area contributed by atoms with Gasteiger partial charge in [0, 0.05) is 29.4 Å². The number of aryl methyl sites for hydroxylation is 1. The summed E-state index contributed by atoms with van der Waals surface area (Å²) in [4.78, 5) is 11.1. The van der Waals surface area contributed by atoms with Crippen LogP contribution in [0.3, 0.4) is 0 Å². The van der Waals surface area contributed by atoms with Crippen molar-refractivity contribution in [3.63, 3.8) is 0 Å². The number of aliphatic carboxylic acids is 1. The number of carboxylic acids is 1. The maximum atomic E-state index is 11.1. The van der Waals surface area contributed by atoms with Gasteiger partial charge in [-0.2, -0.15) is 5.10 Å². The number of nitrogens with zero attached hydrogens (tertiary/aromatic N) is 1. The lowest BCUT2D eigenvalue weighted by Crippen LogP contribution is -2.11. The van der Waals surface area contributed by atoms with E-state index in [9.17, 15) is 4.79 Å². The minimum Gasteiger partial charge on any atom is -0.492 e. The summed E-state index contributed by atoms with van der Waals surface area (Å²) in [5, 5.41) is 17.4. The zero-order valence-corrected chi connectivity index (χ0v) is 17.7. The average molecular weight is 428 g/mol. The zero-order valence-electron chi connectivity index (χ0n) is 17.7. The van der Waals surface area contributed by atoms with E-state index in [1.54, 1.807) is 0 Å². The third-order valence-electron chi connectivity index (χ3n) is 5.97. The SMILES string of the molecule is Cc1cc(C(Cc2ccccc2)Oc2ccc3c(c2)OCC3CC(=O)O)cc2cn[nH]c12. The van der Waals surface area contributed by atoms with E-state index >= 15 is 0 Å². The number of aromatic amines is 1. The molecule has 2 unspecified atom stereocenters. The van der Waals surface area contributed by atoms with Crippen molar-refractivity contribution in [3.8, 4) is 11.5 Å². The molecule has 2 atom stereocenters. The lowest BCUT2D eigenvalue weighted by atomic mass is 9.97. The smallest absolute Gasteiger partial charge is 0.304 e. The van der Waals surface area contributed by atoms with Crippen LogP contribution >= 0.6 is 0 Å². The quantitative estimate of drug-likeness (QED) is 0.423. The van der Waals surface area contributed by atoms with E-state index in [1.165, 1.54) is 5.56 Å². The molecular formula is C26H24N2O4. The fourth-order valence-electron chi connectivity index (χ4n) is 4.38. The predicted molar refractivity (Wildman–Crippen MR) is 121 cm³/mol. The Kier molecular flexibility index (Phi) is 5.27. The number of carboxylic acid groups (broad SMARTS) is 1. The Balaban J connectivity index is 1.46. The highest BCUT2D eigenvalue weighted by Crippen LogP contribution is 2.39. The van der Waals surface area contributed by atoms with Gasteiger partial charge in [0.15, 0.2) is 0 Å². The highest BCUT2D eigenvalue weighted by molar-refractivity contribution is 5.82. The van der Waals surface area contributed by atoms with E-state index in [-0.39, 0.29) is 18.4 Å². The molecule has 0 bridgehead atoms. The number of fused-ring (bicyclic) bond motifs is 2. The van der Waals surface area contributed by atoms with Crippen molar-refractivity contribution in [2.24, 2.45) is 0 Å². The van der Waals surface area contributed by atoms with Gasteiger partial charge in [0.2, 0.25) is 0 Å². The Bertz CT molecular complexity index is 1270. The van der Waals surface area contributed by atoms with Crippen molar-refractivity contribution in [2.75, 3.05) is 6.61 Å². The Morgan fingerprint density at radius 2 is 2.06 bits per heavy atom. The first kappa shape index (κ1) is 20.1. The van der Waals surface area contributed by atoms with Gasteiger partial charge in [-0.3, -0.25) is 9.89 Å². The van der Waals surface area contributed by atoms with Crippen LogP contribution in [0.1, 0.15) is 40.7 Å². The molecule has 162 valence electrons. The number of aromatic nitrogens is 2. The second-order valence-corrected chi connectivity index (χ2v) is 8.27. The number of H-pyrrole nitrogens is 1. The van der Waals surface area contributed by atoms with Crippen LogP contribution in [0.15, 0.2) is 66.9 Å². The maximum Gasteiger partial charge on any atom is 0.304 e. The molecule has 2 heterocycles. The first-order valence-corrected chi connectivity index (χ1v) is 10.7. The van der Waals surface area contributed by atoms with Crippen LogP contribution < -0.4 is 9.47 Å². The minimum atomic E-state index is -0.820. The molecule has 5 rings (SSSR count). The van der Waals surface area contributed by atoms with Gasteiger partial charge in [-0.1, -0.05) is 42.5 Å². The first-order valence-electron chi connectivity index (χ1n) is 10.7. The number of carbonyl (C=O) groups is 1. The molecule has 0 radical (unpaired) electrons. The third kappa shape index (κ3) is 4.04. The van der Waals surface area contributed by atoms with Crippen molar-refractivity contribution < 1.29 is 19.4 Å². The van der Waals surface area contributed by atoms with Crippen molar-refractivity contribution in [2.45, 2.75) is 31.8 Å². The first-order chi connectivity index (χ1) is 15.6. The summed E-state index contributed by atoms with van der Waals surface area (Å²) in [6, 6.07) is 20.2. The summed E-state index contributed by atoms with van der Waals surface area (Å²) in [5.74, 6) is 0.460. The summed E-state index contributed by atoms with van der Waals surface area (Å²) in [7, 11) is 0. The number of rotatable bonds is 7. The summed E-state index contributed by atoms with van der Waals surface area (Å²) in [6.07, 6.45) is 2.40. The van der Waals surface area contributed by atoms with Crippen LogP contribution in [0.2, 0.25) is 0 Å². The lowest BCUT2D eigenvalue weighted by Gasteiger charge is -2.21. The largest absolute Gasteiger partial charge is 0.492 e. The minimum absolute atomic E-state index is 0.0633. The zero-order chi connectivity index (χ0) is 22.1. The predicted octanol–water partition coefficient (Wildman–Crippen LogP) is 5.18. The van der Waals surface area contributed by atoms with Crippen LogP contribution in [0, 0.1) is 6.92 Å². The fourth-order valence-corrected chi connectivity index (χ4v) is 4.38. The molecule has 32 heavy (non-hydrogen) atoms. The van der Waals surface area contributed by atoms with Crippen LogP contribution in [-0.4, -0.2) is 27.9 Å². The summed E-state index contributed by atoms with van der Waals surface area (Å²) >= 11 is 0. The summed E-state index contributed by atoms with van der Waals surface area (Å²) in [5.41, 5.74) is 5.33. The molecule has 2 N–H and O–H groups in total. The van der Waals surface area contributed by atoms with Crippen LogP contribution in [0.4, 0.5) is 0 Å². The van der Waals surface area contributed by atoms with Gasteiger partial charge >= 0.3 is 5.97 Å². The van der Waals surface area contributed by atoms with Crippen molar-refractivity contribution in [3.05, 3.63) is 89.1 Å². The number of ether oxygens (including phenoxy) is 2. The second kappa shape index (κ2) is 8.38. The summed E-state index contributed by atoms with van der Waals surface area (Å²) in [6.45, 7) is 2.45. The molecular weight excluding hydrogens is 404 g/mol.